The third kappa shape index (κ3) is 4.36. The lowest BCUT2D eigenvalue weighted by Gasteiger charge is -2.32. The molecular weight excluding hydrogens is 367 g/mol. The van der Waals surface area contributed by atoms with Crippen LogP contribution in [0.4, 0.5) is 4.39 Å². The molecule has 1 amide bonds. The van der Waals surface area contributed by atoms with Crippen LogP contribution < -0.4 is 0 Å². The highest BCUT2D eigenvalue weighted by Crippen LogP contribution is 2.28. The third-order valence-corrected chi connectivity index (χ3v) is 5.52. The normalized spacial score (nSPS) is 16.8. The second-order valence-electron chi connectivity index (χ2n) is 7.78. The average molecular weight is 392 g/mol. The van der Waals surface area contributed by atoms with E-state index >= 15 is 0 Å². The summed E-state index contributed by atoms with van der Waals surface area (Å²) >= 11 is 0. The second-order valence-corrected chi connectivity index (χ2v) is 7.78. The number of halogens is 1. The van der Waals surface area contributed by atoms with E-state index in [-0.39, 0.29) is 17.6 Å². The number of amides is 1. The summed E-state index contributed by atoms with van der Waals surface area (Å²) in [4.78, 5) is 19.6. The number of piperidine rings is 1. The highest BCUT2D eigenvalue weighted by Gasteiger charge is 2.27. The van der Waals surface area contributed by atoms with E-state index in [1.807, 2.05) is 24.0 Å². The first kappa shape index (κ1) is 19.3. The fourth-order valence-corrected chi connectivity index (χ4v) is 4.07. The van der Waals surface area contributed by atoms with E-state index in [0.29, 0.717) is 12.2 Å². The summed E-state index contributed by atoms with van der Waals surface area (Å²) < 4.78 is 14.8. The summed E-state index contributed by atoms with van der Waals surface area (Å²) in [6.07, 6.45) is 4.36. The highest BCUT2D eigenvalue weighted by molar-refractivity contribution is 5.92. The summed E-state index contributed by atoms with van der Waals surface area (Å²) in [6.45, 7) is 3.42. The fourth-order valence-electron chi connectivity index (χ4n) is 4.07. The van der Waals surface area contributed by atoms with Crippen LogP contribution in [0.1, 0.15) is 51.8 Å². The molecule has 3 heterocycles. The summed E-state index contributed by atoms with van der Waals surface area (Å²) in [5, 5.41) is 4.11. The molecule has 0 spiro atoms. The number of aromatic nitrogens is 3. The molecule has 1 aliphatic rings. The number of hydrogen-bond acceptors (Lipinski definition) is 3. The van der Waals surface area contributed by atoms with Crippen molar-refractivity contribution in [2.75, 3.05) is 13.1 Å². The molecule has 0 radical (unpaired) electrons. The van der Waals surface area contributed by atoms with Gasteiger partial charge in [0.25, 0.3) is 5.91 Å². The van der Waals surface area contributed by atoms with Crippen molar-refractivity contribution in [3.05, 3.63) is 82.7 Å². The van der Waals surface area contributed by atoms with E-state index in [1.54, 1.807) is 24.0 Å². The van der Waals surface area contributed by atoms with Crippen LogP contribution in [0.5, 0.6) is 0 Å². The molecule has 1 aliphatic heterocycles. The first-order valence-electron chi connectivity index (χ1n) is 9.99. The Kier molecular flexibility index (Phi) is 5.43. The monoisotopic (exact) mass is 392 g/mol. The first-order valence-corrected chi connectivity index (χ1v) is 9.99. The highest BCUT2D eigenvalue weighted by atomic mass is 19.1. The van der Waals surface area contributed by atoms with Crippen molar-refractivity contribution in [1.29, 1.82) is 0 Å². The predicted molar refractivity (Wildman–Crippen MR) is 109 cm³/mol. The van der Waals surface area contributed by atoms with E-state index in [1.165, 1.54) is 12.1 Å². The molecule has 0 saturated carbocycles. The van der Waals surface area contributed by atoms with Gasteiger partial charge in [0.15, 0.2) is 0 Å². The van der Waals surface area contributed by atoms with Gasteiger partial charge in [0.1, 0.15) is 11.5 Å². The van der Waals surface area contributed by atoms with Gasteiger partial charge in [-0.3, -0.25) is 14.5 Å². The third-order valence-electron chi connectivity index (χ3n) is 5.52. The van der Waals surface area contributed by atoms with E-state index in [9.17, 15) is 9.18 Å². The Morgan fingerprint density at radius 1 is 1.17 bits per heavy atom. The summed E-state index contributed by atoms with van der Waals surface area (Å²) in [6, 6.07) is 12.6. The molecule has 1 fully saturated rings. The van der Waals surface area contributed by atoms with Crippen molar-refractivity contribution in [2.24, 2.45) is 7.05 Å². The van der Waals surface area contributed by atoms with Gasteiger partial charge in [-0.05, 0) is 67.6 Å². The maximum Gasteiger partial charge on any atom is 0.272 e. The number of carbonyl (C=O) groups excluding carboxylic acids is 1. The van der Waals surface area contributed by atoms with Gasteiger partial charge in [0.05, 0.1) is 0 Å². The van der Waals surface area contributed by atoms with Crippen LogP contribution in [0, 0.1) is 12.7 Å². The van der Waals surface area contributed by atoms with Crippen molar-refractivity contribution in [3.8, 4) is 0 Å². The lowest BCUT2D eigenvalue weighted by atomic mass is 9.92. The minimum atomic E-state index is -0.222. The molecule has 0 aliphatic carbocycles. The van der Waals surface area contributed by atoms with Gasteiger partial charge in [-0.25, -0.2) is 4.39 Å². The van der Waals surface area contributed by atoms with Gasteiger partial charge in [-0.15, -0.1) is 0 Å². The van der Waals surface area contributed by atoms with Crippen molar-refractivity contribution in [3.63, 3.8) is 0 Å². The zero-order chi connectivity index (χ0) is 20.4. The molecule has 1 aromatic carbocycles. The summed E-state index contributed by atoms with van der Waals surface area (Å²) in [5.41, 5.74) is 4.84. The van der Waals surface area contributed by atoms with Crippen molar-refractivity contribution in [1.82, 2.24) is 19.7 Å². The minimum absolute atomic E-state index is 0.0221. The van der Waals surface area contributed by atoms with Crippen LogP contribution in [-0.2, 0) is 13.5 Å². The topological polar surface area (TPSA) is 51.0 Å². The molecule has 150 valence electrons. The van der Waals surface area contributed by atoms with Gasteiger partial charge >= 0.3 is 0 Å². The van der Waals surface area contributed by atoms with Gasteiger partial charge in [-0.2, -0.15) is 5.10 Å². The number of carbonyl (C=O) groups is 1. The van der Waals surface area contributed by atoms with Crippen LogP contribution in [-0.4, -0.2) is 38.7 Å². The van der Waals surface area contributed by atoms with Gasteiger partial charge in [0.2, 0.25) is 0 Å². The minimum Gasteiger partial charge on any atom is -0.337 e. The zero-order valence-electron chi connectivity index (χ0n) is 16.8. The Balaban J connectivity index is 1.53. The molecule has 5 nitrogen and oxygen atoms in total. The molecule has 3 aromatic rings. The Labute approximate surface area is 170 Å². The zero-order valence-corrected chi connectivity index (χ0v) is 16.8. The Morgan fingerprint density at radius 3 is 2.69 bits per heavy atom. The van der Waals surface area contributed by atoms with Crippen LogP contribution in [0.3, 0.4) is 0 Å². The molecule has 1 atom stereocenters. The quantitative estimate of drug-likeness (QED) is 0.677. The molecule has 2 aromatic heterocycles. The standard InChI is InChI=1S/C23H25FN4O/c1-16-12-18(13-17-5-7-20(24)8-6-17)14-21(26-16)19-4-3-11-28(15-19)23(29)22-9-10-25-27(22)2/h5-10,12,14,19H,3-4,11,13,15H2,1-2H3/t19-/m1/s1. The average Bonchev–Trinajstić information content (AvgIpc) is 3.15. The van der Waals surface area contributed by atoms with E-state index in [2.05, 4.69) is 17.2 Å². The first-order chi connectivity index (χ1) is 14.0. The summed E-state index contributed by atoms with van der Waals surface area (Å²) in [7, 11) is 1.79. The number of hydrogen-bond donors (Lipinski definition) is 0. The molecule has 29 heavy (non-hydrogen) atoms. The SMILES string of the molecule is Cc1cc(Cc2ccc(F)cc2)cc([C@@H]2CCCN(C(=O)c3ccnn3C)C2)n1. The molecule has 6 heteroatoms. The molecule has 0 bridgehead atoms. The number of pyridine rings is 1. The van der Waals surface area contributed by atoms with Crippen molar-refractivity contribution >= 4 is 5.91 Å². The van der Waals surface area contributed by atoms with Crippen LogP contribution >= 0.6 is 0 Å². The molecular formula is C23H25FN4O. The maximum absolute atomic E-state index is 13.2. The number of aryl methyl sites for hydroxylation is 2. The van der Waals surface area contributed by atoms with Crippen molar-refractivity contribution < 1.29 is 9.18 Å². The Bertz CT molecular complexity index is 1010. The van der Waals surface area contributed by atoms with Crippen molar-refractivity contribution in [2.45, 2.75) is 32.1 Å². The van der Waals surface area contributed by atoms with Crippen LogP contribution in [0.25, 0.3) is 0 Å². The fraction of sp³-hybridized carbons (Fsp3) is 0.348. The Hall–Kier alpha value is -3.02. The molecule has 0 N–H and O–H groups in total. The Morgan fingerprint density at radius 2 is 1.97 bits per heavy atom. The lowest BCUT2D eigenvalue weighted by molar-refractivity contribution is 0.0694. The largest absolute Gasteiger partial charge is 0.337 e. The smallest absolute Gasteiger partial charge is 0.272 e. The number of likely N-dealkylation sites (tertiary alicyclic amines) is 1. The lowest BCUT2D eigenvalue weighted by Crippen LogP contribution is -2.40. The van der Waals surface area contributed by atoms with Crippen LogP contribution in [0.15, 0.2) is 48.7 Å². The maximum atomic E-state index is 13.2. The molecule has 0 unspecified atom stereocenters. The summed E-state index contributed by atoms with van der Waals surface area (Å²) in [5.74, 6) is 0.0161. The van der Waals surface area contributed by atoms with E-state index in [4.69, 9.17) is 4.98 Å². The van der Waals surface area contributed by atoms with Gasteiger partial charge in [-0.1, -0.05) is 12.1 Å². The van der Waals surface area contributed by atoms with E-state index in [0.717, 1.165) is 48.3 Å². The number of nitrogens with zero attached hydrogens (tertiary/aromatic N) is 4. The van der Waals surface area contributed by atoms with Gasteiger partial charge in [0, 0.05) is 43.6 Å². The van der Waals surface area contributed by atoms with Gasteiger partial charge < -0.3 is 4.90 Å². The van der Waals surface area contributed by atoms with Crippen LogP contribution in [0.2, 0.25) is 0 Å². The number of benzene rings is 1. The second kappa shape index (κ2) is 8.15. The van der Waals surface area contributed by atoms with E-state index < -0.39 is 0 Å². The molecule has 4 rings (SSSR count). The molecule has 1 saturated heterocycles. The predicted octanol–water partition coefficient (Wildman–Crippen LogP) is 3.87. The number of rotatable bonds is 4.